The van der Waals surface area contributed by atoms with Crippen LogP contribution in [0.3, 0.4) is 0 Å². The van der Waals surface area contributed by atoms with Gasteiger partial charge in [0.25, 0.3) is 0 Å². The zero-order chi connectivity index (χ0) is 36.0. The van der Waals surface area contributed by atoms with Gasteiger partial charge in [-0.2, -0.15) is 0 Å². The van der Waals surface area contributed by atoms with Crippen molar-refractivity contribution in [3.63, 3.8) is 0 Å². The summed E-state index contributed by atoms with van der Waals surface area (Å²) >= 11 is 0. The van der Waals surface area contributed by atoms with E-state index in [1.165, 1.54) is 22.3 Å². The van der Waals surface area contributed by atoms with Crippen LogP contribution in [0.4, 0.5) is 0 Å². The summed E-state index contributed by atoms with van der Waals surface area (Å²) in [4.78, 5) is 9.04. The van der Waals surface area contributed by atoms with Crippen LogP contribution in [0.15, 0.2) is 195 Å². The molecular formula is C52H32N2. The number of pyridine rings is 2. The first-order valence-electron chi connectivity index (χ1n) is 18.2. The van der Waals surface area contributed by atoms with Crippen LogP contribution in [-0.2, 0) is 10.8 Å². The molecule has 0 fully saturated rings. The molecule has 0 spiro atoms. The van der Waals surface area contributed by atoms with Crippen molar-refractivity contribution in [1.29, 1.82) is 0 Å². The zero-order valence-electron chi connectivity index (χ0n) is 29.4. The topological polar surface area (TPSA) is 25.8 Å². The third-order valence-corrected chi connectivity index (χ3v) is 11.0. The van der Waals surface area contributed by atoms with E-state index in [-0.39, 0.29) is 0 Å². The molecule has 2 atom stereocenters. The molecule has 8 aromatic rings. The molecule has 250 valence electrons. The molecule has 54 heavy (non-hydrogen) atoms. The van der Waals surface area contributed by atoms with Gasteiger partial charge in [-0.05, 0) is 92.0 Å². The Labute approximate surface area is 315 Å². The number of nitrogens with zero attached hydrogens (tertiary/aromatic N) is 2. The normalized spacial score (nSPS) is 17.1. The van der Waals surface area contributed by atoms with Crippen LogP contribution < -0.4 is 0 Å². The van der Waals surface area contributed by atoms with E-state index in [9.17, 15) is 0 Å². The van der Waals surface area contributed by atoms with Gasteiger partial charge >= 0.3 is 0 Å². The highest BCUT2D eigenvalue weighted by atomic mass is 14.6. The number of fused-ring (bicyclic) bond motifs is 6. The molecule has 2 unspecified atom stereocenters. The standard InChI is InChI=1S/C52H32N2/c1-3-11-37(12-4-1)27-31-51(47-17-9-7-15-43(47)45-35-53-33-29-49(45)51)41-23-19-39(20-24-41)40-21-25-42(26-22-40)52(32-28-38-13-5-2-6-14-38)48-18-10-8-16-44(48)46-36-54-34-30-50(46)52/h1-26,29-30,33-36H. The second-order valence-electron chi connectivity index (χ2n) is 13.8. The highest BCUT2D eigenvalue weighted by Crippen LogP contribution is 2.53. The van der Waals surface area contributed by atoms with E-state index < -0.39 is 10.8 Å². The lowest BCUT2D eigenvalue weighted by molar-refractivity contribution is 0.834. The molecule has 0 bridgehead atoms. The number of rotatable bonds is 3. The Bertz CT molecular complexity index is 2520. The first kappa shape index (κ1) is 31.5. The minimum atomic E-state index is -0.644. The molecule has 6 aromatic carbocycles. The fourth-order valence-electron chi connectivity index (χ4n) is 8.49. The molecule has 2 nitrogen and oxygen atoms in total. The van der Waals surface area contributed by atoms with Gasteiger partial charge in [-0.25, -0.2) is 0 Å². The van der Waals surface area contributed by atoms with Crippen LogP contribution in [0.25, 0.3) is 33.4 Å². The molecule has 0 amide bonds. The Kier molecular flexibility index (Phi) is 7.43. The van der Waals surface area contributed by atoms with Crippen LogP contribution >= 0.6 is 0 Å². The predicted molar refractivity (Wildman–Crippen MR) is 218 cm³/mol. The first-order valence-corrected chi connectivity index (χ1v) is 18.2. The Morgan fingerprint density at radius 1 is 0.333 bits per heavy atom. The molecule has 0 aliphatic heterocycles. The van der Waals surface area contributed by atoms with E-state index in [4.69, 9.17) is 0 Å². The van der Waals surface area contributed by atoms with Gasteiger partial charge in [0, 0.05) is 47.0 Å². The predicted octanol–water partition coefficient (Wildman–Crippen LogP) is 10.9. The van der Waals surface area contributed by atoms with E-state index in [1.54, 1.807) is 0 Å². The van der Waals surface area contributed by atoms with Gasteiger partial charge < -0.3 is 0 Å². The lowest BCUT2D eigenvalue weighted by Gasteiger charge is -2.28. The number of benzene rings is 6. The second-order valence-corrected chi connectivity index (χ2v) is 13.8. The SMILES string of the molecule is C(#CC1(c2ccc(-c3ccc(C4(C#Cc5ccccc5)c5ccccc5-c5cnccc54)cc3)cc2)c2ccccc2-c2cnccc21)c1ccccc1. The molecular weight excluding hydrogens is 653 g/mol. The smallest absolute Gasteiger partial charge is 0.108 e. The maximum atomic E-state index is 4.52. The quantitative estimate of drug-likeness (QED) is 0.173. The highest BCUT2D eigenvalue weighted by molar-refractivity contribution is 5.87. The fourth-order valence-corrected chi connectivity index (χ4v) is 8.49. The Hall–Kier alpha value is -7.26. The van der Waals surface area contributed by atoms with Crippen molar-refractivity contribution in [1.82, 2.24) is 9.97 Å². The summed E-state index contributed by atoms with van der Waals surface area (Å²) in [5.74, 6) is 14.7. The number of hydrogen-bond donors (Lipinski definition) is 0. The Morgan fingerprint density at radius 2 is 0.704 bits per heavy atom. The number of aromatic nitrogens is 2. The van der Waals surface area contributed by atoms with Crippen LogP contribution in [0, 0.1) is 23.7 Å². The third-order valence-electron chi connectivity index (χ3n) is 11.0. The molecule has 2 aromatic heterocycles. The van der Waals surface area contributed by atoms with Gasteiger partial charge in [-0.15, -0.1) is 0 Å². The maximum Gasteiger partial charge on any atom is 0.108 e. The summed E-state index contributed by atoms with van der Waals surface area (Å²) in [7, 11) is 0. The fraction of sp³-hybridized carbons (Fsp3) is 0.0385. The van der Waals surface area contributed by atoms with E-state index in [0.29, 0.717) is 0 Å². The van der Waals surface area contributed by atoms with Crippen molar-refractivity contribution in [2.75, 3.05) is 0 Å². The van der Waals surface area contributed by atoms with E-state index >= 15 is 0 Å². The van der Waals surface area contributed by atoms with Crippen molar-refractivity contribution in [2.24, 2.45) is 0 Å². The van der Waals surface area contributed by atoms with Crippen molar-refractivity contribution < 1.29 is 0 Å². The first-order chi connectivity index (χ1) is 26.8. The van der Waals surface area contributed by atoms with Gasteiger partial charge in [0.05, 0.1) is 0 Å². The van der Waals surface area contributed by atoms with Crippen LogP contribution in [0.5, 0.6) is 0 Å². The number of hydrogen-bond acceptors (Lipinski definition) is 2. The molecule has 2 heterocycles. The molecule has 0 saturated heterocycles. The van der Waals surface area contributed by atoms with Gasteiger partial charge in [0.15, 0.2) is 0 Å². The van der Waals surface area contributed by atoms with E-state index in [0.717, 1.165) is 55.6 Å². The van der Waals surface area contributed by atoms with Gasteiger partial charge in [-0.1, -0.05) is 157 Å². The largest absolute Gasteiger partial charge is 0.264 e. The van der Waals surface area contributed by atoms with E-state index in [1.807, 2.05) is 61.2 Å². The summed E-state index contributed by atoms with van der Waals surface area (Å²) < 4.78 is 0. The molecule has 2 aliphatic carbocycles. The maximum absolute atomic E-state index is 4.52. The van der Waals surface area contributed by atoms with Crippen LogP contribution in [-0.4, -0.2) is 9.97 Å². The summed E-state index contributed by atoms with van der Waals surface area (Å²) in [6, 6.07) is 59.9. The second kappa shape index (κ2) is 12.8. The summed E-state index contributed by atoms with van der Waals surface area (Å²) in [6.07, 6.45) is 7.72. The minimum absolute atomic E-state index is 0.644. The molecule has 2 aliphatic rings. The average Bonchev–Trinajstić information content (AvgIpc) is 3.71. The van der Waals surface area contributed by atoms with Crippen molar-refractivity contribution in [3.8, 4) is 57.1 Å². The van der Waals surface area contributed by atoms with E-state index in [2.05, 4.69) is 167 Å². The molecule has 0 N–H and O–H groups in total. The van der Waals surface area contributed by atoms with Crippen LogP contribution in [0.2, 0.25) is 0 Å². The zero-order valence-corrected chi connectivity index (χ0v) is 29.4. The highest BCUT2D eigenvalue weighted by Gasteiger charge is 2.45. The molecule has 0 saturated carbocycles. The molecule has 2 heteroatoms. The van der Waals surface area contributed by atoms with Gasteiger partial charge in [0.1, 0.15) is 10.8 Å². The van der Waals surface area contributed by atoms with Gasteiger partial charge in [0.2, 0.25) is 0 Å². The molecule has 10 rings (SSSR count). The lowest BCUT2D eigenvalue weighted by Crippen LogP contribution is -2.25. The Balaban J connectivity index is 1.08. The third kappa shape index (κ3) is 4.86. The average molecular weight is 685 g/mol. The van der Waals surface area contributed by atoms with Crippen molar-refractivity contribution >= 4 is 0 Å². The lowest BCUT2D eigenvalue weighted by atomic mass is 9.72. The summed E-state index contributed by atoms with van der Waals surface area (Å²) in [5.41, 5.74) is 14.5. The summed E-state index contributed by atoms with van der Waals surface area (Å²) in [6.45, 7) is 0. The molecule has 0 radical (unpaired) electrons. The minimum Gasteiger partial charge on any atom is -0.264 e. The van der Waals surface area contributed by atoms with Crippen LogP contribution in [0.1, 0.15) is 44.5 Å². The van der Waals surface area contributed by atoms with Crippen molar-refractivity contribution in [2.45, 2.75) is 10.8 Å². The Morgan fingerprint density at radius 3 is 1.13 bits per heavy atom. The van der Waals surface area contributed by atoms with Gasteiger partial charge in [-0.3, -0.25) is 9.97 Å². The van der Waals surface area contributed by atoms with Crippen molar-refractivity contribution in [3.05, 3.63) is 239 Å². The summed E-state index contributed by atoms with van der Waals surface area (Å²) in [5, 5.41) is 0. The monoisotopic (exact) mass is 684 g/mol.